The van der Waals surface area contributed by atoms with Crippen molar-refractivity contribution in [2.75, 3.05) is 7.11 Å². The van der Waals surface area contributed by atoms with Crippen LogP contribution in [0.1, 0.15) is 23.4 Å². The van der Waals surface area contributed by atoms with Crippen LogP contribution >= 0.6 is 0 Å². The molecule has 130 valence electrons. The third kappa shape index (κ3) is 3.65. The molecule has 0 spiro atoms. The number of benzene rings is 2. The minimum Gasteiger partial charge on any atom is -0.497 e. The van der Waals surface area contributed by atoms with Gasteiger partial charge in [-0.3, -0.25) is 9.48 Å². The highest BCUT2D eigenvalue weighted by Gasteiger charge is 2.13. The molecule has 0 aliphatic heterocycles. The lowest BCUT2D eigenvalue weighted by molar-refractivity contribution is -0.134. The maximum atomic E-state index is 12.2. The Labute approximate surface area is 147 Å². The Morgan fingerprint density at radius 1 is 1.08 bits per heavy atom. The fourth-order valence-corrected chi connectivity index (χ4v) is 2.98. The SMILES string of the molecule is COc1ccc2ccc(OC(=O)CCc3c(C)nn(C)c3C)cc2c1. The first kappa shape index (κ1) is 17.0. The van der Waals surface area contributed by atoms with Crippen LogP contribution in [0.3, 0.4) is 0 Å². The molecule has 0 saturated carbocycles. The monoisotopic (exact) mass is 338 g/mol. The summed E-state index contributed by atoms with van der Waals surface area (Å²) < 4.78 is 12.6. The molecular formula is C20H22N2O3. The first-order chi connectivity index (χ1) is 12.0. The summed E-state index contributed by atoms with van der Waals surface area (Å²) in [5.41, 5.74) is 3.16. The van der Waals surface area contributed by atoms with E-state index in [9.17, 15) is 4.79 Å². The second kappa shape index (κ2) is 6.97. The summed E-state index contributed by atoms with van der Waals surface area (Å²) in [6.45, 7) is 3.97. The Balaban J connectivity index is 1.69. The number of methoxy groups -OCH3 is 1. The highest BCUT2D eigenvalue weighted by atomic mass is 16.5. The number of nitrogens with zero attached hydrogens (tertiary/aromatic N) is 2. The zero-order valence-electron chi connectivity index (χ0n) is 15.0. The van der Waals surface area contributed by atoms with E-state index >= 15 is 0 Å². The minimum absolute atomic E-state index is 0.245. The number of hydrogen-bond donors (Lipinski definition) is 0. The quantitative estimate of drug-likeness (QED) is 0.525. The third-order valence-corrected chi connectivity index (χ3v) is 4.49. The van der Waals surface area contributed by atoms with E-state index in [1.807, 2.05) is 62.0 Å². The predicted octanol–water partition coefficient (Wildman–Crippen LogP) is 3.74. The first-order valence-corrected chi connectivity index (χ1v) is 8.25. The molecule has 3 rings (SSSR count). The van der Waals surface area contributed by atoms with E-state index in [-0.39, 0.29) is 5.97 Å². The van der Waals surface area contributed by atoms with Gasteiger partial charge < -0.3 is 9.47 Å². The molecule has 0 fully saturated rings. The molecule has 0 unspecified atom stereocenters. The van der Waals surface area contributed by atoms with Crippen molar-refractivity contribution in [1.29, 1.82) is 0 Å². The molecule has 5 heteroatoms. The normalized spacial score (nSPS) is 10.9. The lowest BCUT2D eigenvalue weighted by atomic mass is 10.1. The lowest BCUT2D eigenvalue weighted by Gasteiger charge is -2.07. The van der Waals surface area contributed by atoms with Crippen LogP contribution in [-0.4, -0.2) is 22.9 Å². The Kier molecular flexibility index (Phi) is 4.74. The fourth-order valence-electron chi connectivity index (χ4n) is 2.98. The summed E-state index contributed by atoms with van der Waals surface area (Å²) in [5.74, 6) is 1.08. The molecule has 0 radical (unpaired) electrons. The number of rotatable bonds is 5. The first-order valence-electron chi connectivity index (χ1n) is 8.25. The van der Waals surface area contributed by atoms with Crippen LogP contribution in [0, 0.1) is 13.8 Å². The third-order valence-electron chi connectivity index (χ3n) is 4.49. The van der Waals surface area contributed by atoms with Crippen molar-refractivity contribution < 1.29 is 14.3 Å². The van der Waals surface area contributed by atoms with E-state index in [1.165, 1.54) is 0 Å². The molecule has 5 nitrogen and oxygen atoms in total. The predicted molar refractivity (Wildman–Crippen MR) is 97.1 cm³/mol. The van der Waals surface area contributed by atoms with Gasteiger partial charge in [0.05, 0.1) is 19.2 Å². The topological polar surface area (TPSA) is 53.4 Å². The van der Waals surface area contributed by atoms with Crippen LogP contribution in [0.2, 0.25) is 0 Å². The van der Waals surface area contributed by atoms with Crippen LogP contribution in [0.5, 0.6) is 11.5 Å². The van der Waals surface area contributed by atoms with Crippen LogP contribution in [-0.2, 0) is 18.3 Å². The molecule has 2 aromatic carbocycles. The van der Waals surface area contributed by atoms with Gasteiger partial charge in [-0.2, -0.15) is 5.10 Å². The Hall–Kier alpha value is -2.82. The Bertz CT molecular complexity index is 928. The summed E-state index contributed by atoms with van der Waals surface area (Å²) in [5, 5.41) is 6.42. The van der Waals surface area contributed by atoms with Crippen LogP contribution < -0.4 is 9.47 Å². The van der Waals surface area contributed by atoms with Crippen molar-refractivity contribution in [3.63, 3.8) is 0 Å². The summed E-state index contributed by atoms with van der Waals surface area (Å²) in [7, 11) is 3.54. The highest BCUT2D eigenvalue weighted by molar-refractivity contribution is 5.86. The molecule has 0 aliphatic rings. The fraction of sp³-hybridized carbons (Fsp3) is 0.300. The van der Waals surface area contributed by atoms with Gasteiger partial charge in [-0.25, -0.2) is 0 Å². The van der Waals surface area contributed by atoms with Crippen molar-refractivity contribution >= 4 is 16.7 Å². The van der Waals surface area contributed by atoms with Crippen LogP contribution in [0.25, 0.3) is 10.8 Å². The number of aromatic nitrogens is 2. The van der Waals surface area contributed by atoms with E-state index < -0.39 is 0 Å². The van der Waals surface area contributed by atoms with Crippen molar-refractivity contribution in [3.05, 3.63) is 53.3 Å². The smallest absolute Gasteiger partial charge is 0.311 e. The zero-order chi connectivity index (χ0) is 18.0. The number of fused-ring (bicyclic) bond motifs is 1. The van der Waals surface area contributed by atoms with E-state index in [4.69, 9.17) is 9.47 Å². The van der Waals surface area contributed by atoms with Gasteiger partial charge >= 0.3 is 5.97 Å². The maximum Gasteiger partial charge on any atom is 0.311 e. The molecule has 0 atom stereocenters. The number of esters is 1. The van der Waals surface area contributed by atoms with E-state index in [0.717, 1.165) is 33.5 Å². The van der Waals surface area contributed by atoms with E-state index in [1.54, 1.807) is 7.11 Å². The van der Waals surface area contributed by atoms with Gasteiger partial charge in [0.2, 0.25) is 0 Å². The molecule has 3 aromatic rings. The van der Waals surface area contributed by atoms with E-state index in [0.29, 0.717) is 18.6 Å². The summed E-state index contributed by atoms with van der Waals surface area (Å²) in [6.07, 6.45) is 0.954. The van der Waals surface area contributed by atoms with Gasteiger partial charge in [0.15, 0.2) is 0 Å². The molecule has 0 amide bonds. The molecule has 25 heavy (non-hydrogen) atoms. The number of aryl methyl sites for hydroxylation is 2. The highest BCUT2D eigenvalue weighted by Crippen LogP contribution is 2.25. The van der Waals surface area contributed by atoms with Crippen molar-refractivity contribution in [1.82, 2.24) is 9.78 Å². The number of carbonyl (C=O) groups excluding carboxylic acids is 1. The molecule has 0 N–H and O–H groups in total. The van der Waals surface area contributed by atoms with Gasteiger partial charge in [0.25, 0.3) is 0 Å². The Morgan fingerprint density at radius 2 is 1.76 bits per heavy atom. The second-order valence-electron chi connectivity index (χ2n) is 6.12. The molecule has 1 heterocycles. The Morgan fingerprint density at radius 3 is 2.40 bits per heavy atom. The van der Waals surface area contributed by atoms with Crippen molar-refractivity contribution in [2.45, 2.75) is 26.7 Å². The number of carbonyl (C=O) groups is 1. The number of hydrogen-bond acceptors (Lipinski definition) is 4. The van der Waals surface area contributed by atoms with E-state index in [2.05, 4.69) is 5.10 Å². The van der Waals surface area contributed by atoms with Crippen LogP contribution in [0.15, 0.2) is 36.4 Å². The second-order valence-corrected chi connectivity index (χ2v) is 6.12. The molecule has 0 aliphatic carbocycles. The summed E-state index contributed by atoms with van der Waals surface area (Å²) in [4.78, 5) is 12.2. The average Bonchev–Trinajstić information content (AvgIpc) is 2.84. The van der Waals surface area contributed by atoms with Gasteiger partial charge in [0, 0.05) is 12.7 Å². The molecule has 1 aromatic heterocycles. The molecule has 0 bridgehead atoms. The number of ether oxygens (including phenoxy) is 2. The van der Waals surface area contributed by atoms with Gasteiger partial charge in [0.1, 0.15) is 11.5 Å². The molecular weight excluding hydrogens is 316 g/mol. The van der Waals surface area contributed by atoms with Crippen LogP contribution in [0.4, 0.5) is 0 Å². The van der Waals surface area contributed by atoms with Gasteiger partial charge in [-0.05, 0) is 60.9 Å². The zero-order valence-corrected chi connectivity index (χ0v) is 15.0. The molecule has 0 saturated heterocycles. The lowest BCUT2D eigenvalue weighted by Crippen LogP contribution is -2.09. The minimum atomic E-state index is -0.245. The maximum absolute atomic E-state index is 12.2. The van der Waals surface area contributed by atoms with Gasteiger partial charge in [-0.1, -0.05) is 12.1 Å². The average molecular weight is 338 g/mol. The summed E-state index contributed by atoms with van der Waals surface area (Å²) >= 11 is 0. The van der Waals surface area contributed by atoms with Crippen molar-refractivity contribution in [2.24, 2.45) is 7.05 Å². The van der Waals surface area contributed by atoms with Crippen molar-refractivity contribution in [3.8, 4) is 11.5 Å². The van der Waals surface area contributed by atoms with Gasteiger partial charge in [-0.15, -0.1) is 0 Å². The standard InChI is InChI=1S/C20H22N2O3/c1-13-19(14(2)22(3)21-13)9-10-20(23)25-18-8-6-15-5-7-17(24-4)11-16(15)12-18/h5-8,11-12H,9-10H2,1-4H3. The largest absolute Gasteiger partial charge is 0.497 e. The summed E-state index contributed by atoms with van der Waals surface area (Å²) in [6, 6.07) is 11.4.